The van der Waals surface area contributed by atoms with E-state index in [1.807, 2.05) is 0 Å². The minimum atomic E-state index is -4.52. The Hall–Kier alpha value is -1.47. The van der Waals surface area contributed by atoms with Gasteiger partial charge in [-0.3, -0.25) is 0 Å². The van der Waals surface area contributed by atoms with Crippen molar-refractivity contribution in [2.45, 2.75) is 51.2 Å². The van der Waals surface area contributed by atoms with Crippen molar-refractivity contribution in [3.05, 3.63) is 62.8 Å². The van der Waals surface area contributed by atoms with Crippen molar-refractivity contribution in [2.75, 3.05) is 0 Å². The quantitative estimate of drug-likeness (QED) is 0.342. The van der Waals surface area contributed by atoms with Gasteiger partial charge in [0.2, 0.25) is 0 Å². The van der Waals surface area contributed by atoms with Crippen LogP contribution < -0.4 is 4.74 Å². The van der Waals surface area contributed by atoms with E-state index in [1.54, 1.807) is 0 Å². The van der Waals surface area contributed by atoms with E-state index in [0.29, 0.717) is 22.8 Å². The first kappa shape index (κ1) is 31.5. The monoisotopic (exact) mass is 620 g/mol. The van der Waals surface area contributed by atoms with E-state index in [9.17, 15) is 39.5 Å². The van der Waals surface area contributed by atoms with Gasteiger partial charge in [-0.05, 0) is 52.0 Å². The Morgan fingerprint density at radius 1 is 0.636 bits per heavy atom. The second kappa shape index (κ2) is 11.8. The molecule has 0 spiro atoms. The normalized spacial score (nSPS) is 12.2. The maximum absolute atomic E-state index is 12.9. The van der Waals surface area contributed by atoms with Crippen LogP contribution in [-0.2, 0) is 0 Å². The molecule has 0 aliphatic rings. The number of ether oxygens (including phenoxy) is 1. The Morgan fingerprint density at radius 3 is 1.24 bits per heavy atom. The van der Waals surface area contributed by atoms with E-state index in [1.165, 1.54) is 18.2 Å². The summed E-state index contributed by atoms with van der Waals surface area (Å²) in [6.45, 7) is 3.16. The maximum atomic E-state index is 12.9. The fraction of sp³-hybridized carbons (Fsp3) is 0.400. The number of benzene rings is 2. The first-order valence-electron chi connectivity index (χ1n) is 8.67. The highest BCUT2D eigenvalue weighted by Gasteiger charge is 2.50. The van der Waals surface area contributed by atoms with Gasteiger partial charge in [-0.25, -0.2) is 13.2 Å². The van der Waals surface area contributed by atoms with Gasteiger partial charge in [0.15, 0.2) is 11.2 Å². The average Bonchev–Trinajstić information content (AvgIpc) is 2.49. The highest BCUT2D eigenvalue weighted by molar-refractivity contribution is 9.10. The van der Waals surface area contributed by atoms with Gasteiger partial charge >= 0.3 is 12.4 Å². The molecule has 2 rings (SSSR count). The van der Waals surface area contributed by atoms with Gasteiger partial charge < -0.3 is 9.84 Å². The van der Waals surface area contributed by atoms with E-state index in [0.717, 1.165) is 32.0 Å². The van der Waals surface area contributed by atoms with Gasteiger partial charge in [0.25, 0.3) is 0 Å². The van der Waals surface area contributed by atoms with Gasteiger partial charge in [0, 0.05) is 21.1 Å². The van der Waals surface area contributed by atoms with Crippen molar-refractivity contribution in [1.29, 1.82) is 0 Å². The van der Waals surface area contributed by atoms with Gasteiger partial charge in [0.1, 0.15) is 23.2 Å². The second-order valence-electron chi connectivity index (χ2n) is 7.36. The van der Waals surface area contributed by atoms with Crippen LogP contribution in [0.1, 0.15) is 27.7 Å². The van der Waals surface area contributed by atoms with Crippen molar-refractivity contribution in [3.8, 4) is 5.75 Å². The SMILES string of the molecule is CC(C)(O)C(F)(F)F.CC(C)(Oc1cc(F)cc(Br)c1)C(F)(F)F.Fc1cc(F)cc(Br)c1. The summed E-state index contributed by atoms with van der Waals surface area (Å²) < 4.78 is 114. The zero-order valence-corrected chi connectivity index (χ0v) is 20.6. The molecule has 0 aliphatic carbocycles. The average molecular weight is 622 g/mol. The molecule has 0 saturated heterocycles. The second-order valence-corrected chi connectivity index (χ2v) is 9.19. The van der Waals surface area contributed by atoms with Crippen molar-refractivity contribution >= 4 is 31.9 Å². The third-order valence-corrected chi connectivity index (χ3v) is 4.33. The third kappa shape index (κ3) is 12.0. The van der Waals surface area contributed by atoms with Gasteiger partial charge in [0.05, 0.1) is 0 Å². The van der Waals surface area contributed by atoms with Gasteiger partial charge in [-0.15, -0.1) is 0 Å². The maximum Gasteiger partial charge on any atom is 0.427 e. The van der Waals surface area contributed by atoms with Crippen LogP contribution in [0.2, 0.25) is 0 Å². The Morgan fingerprint density at radius 2 is 0.970 bits per heavy atom. The van der Waals surface area contributed by atoms with Crippen LogP contribution in [0, 0.1) is 17.5 Å². The van der Waals surface area contributed by atoms with Crippen LogP contribution >= 0.6 is 31.9 Å². The molecule has 1 N–H and O–H groups in total. The Bertz CT molecular complexity index is 823. The van der Waals surface area contributed by atoms with E-state index in [4.69, 9.17) is 9.84 Å². The van der Waals surface area contributed by atoms with Gasteiger partial charge in [-0.2, -0.15) is 26.3 Å². The minimum Gasteiger partial charge on any atom is -0.478 e. The number of hydrogen-bond acceptors (Lipinski definition) is 2. The van der Waals surface area contributed by atoms with Gasteiger partial charge in [-0.1, -0.05) is 31.9 Å². The Labute approximate surface area is 201 Å². The number of aliphatic hydroxyl groups is 1. The predicted octanol–water partition coefficient (Wildman–Crippen LogP) is 8.35. The van der Waals surface area contributed by atoms with Crippen LogP contribution in [-0.4, -0.2) is 28.7 Å². The molecular weight excluding hydrogens is 603 g/mol. The lowest BCUT2D eigenvalue weighted by Gasteiger charge is -2.28. The number of rotatable bonds is 2. The van der Waals surface area contributed by atoms with Crippen molar-refractivity contribution in [1.82, 2.24) is 0 Å². The molecule has 33 heavy (non-hydrogen) atoms. The molecule has 0 aromatic heterocycles. The summed E-state index contributed by atoms with van der Waals surface area (Å²) in [6, 6.07) is 6.53. The summed E-state index contributed by atoms with van der Waals surface area (Å²) in [5.74, 6) is -1.97. The molecule has 0 atom stereocenters. The van der Waals surface area contributed by atoms with Crippen molar-refractivity contribution in [2.24, 2.45) is 0 Å². The summed E-state index contributed by atoms with van der Waals surface area (Å²) in [7, 11) is 0. The minimum absolute atomic E-state index is 0.172. The molecule has 0 amide bonds. The molecule has 0 heterocycles. The zero-order chi connectivity index (χ0) is 26.4. The Kier molecular flexibility index (Phi) is 11.3. The molecule has 0 fully saturated rings. The fourth-order valence-corrected chi connectivity index (χ4v) is 2.34. The van der Waals surface area contributed by atoms with E-state index < -0.39 is 41.0 Å². The highest BCUT2D eigenvalue weighted by atomic mass is 79.9. The first-order chi connectivity index (χ1) is 14.5. The Balaban J connectivity index is 0.000000511. The molecular formula is C20H19Br2F9O2. The fourth-order valence-electron chi connectivity index (χ4n) is 1.46. The summed E-state index contributed by atoms with van der Waals surface area (Å²) in [5.41, 5.74) is -4.92. The topological polar surface area (TPSA) is 29.5 Å². The molecule has 0 unspecified atom stereocenters. The molecule has 0 aliphatic heterocycles. The predicted molar refractivity (Wildman–Crippen MR) is 111 cm³/mol. The molecule has 0 saturated carbocycles. The number of hydrogen-bond donors (Lipinski definition) is 1. The zero-order valence-electron chi connectivity index (χ0n) is 17.5. The first-order valence-corrected chi connectivity index (χ1v) is 10.3. The smallest absolute Gasteiger partial charge is 0.427 e. The molecule has 2 aromatic carbocycles. The lowest BCUT2D eigenvalue weighted by atomic mass is 10.1. The molecule has 13 heteroatoms. The standard InChI is InChI=1S/C10H9BrF4O.C6H3BrF2.C4H7F3O/c1-9(2,10(13,14)15)16-8-4-6(11)3-7(12)5-8;7-4-1-5(8)3-6(9)2-4;1-3(2,8)4(5,6)7/h3-5H,1-2H3;1-3H;8H,1-2H3. The number of halogens is 11. The summed E-state index contributed by atoms with van der Waals surface area (Å²) in [6.07, 6.45) is -9.03. The summed E-state index contributed by atoms with van der Waals surface area (Å²) in [4.78, 5) is 0. The highest BCUT2D eigenvalue weighted by Crippen LogP contribution is 2.35. The summed E-state index contributed by atoms with van der Waals surface area (Å²) in [5, 5.41) is 8.23. The third-order valence-electron chi connectivity index (χ3n) is 3.41. The lowest BCUT2D eigenvalue weighted by molar-refractivity contribution is -0.245. The number of alkyl halides is 6. The molecule has 2 aromatic rings. The van der Waals surface area contributed by atoms with Crippen molar-refractivity contribution in [3.63, 3.8) is 0 Å². The van der Waals surface area contributed by atoms with E-state index >= 15 is 0 Å². The van der Waals surface area contributed by atoms with E-state index in [-0.39, 0.29) is 5.75 Å². The van der Waals surface area contributed by atoms with Crippen LogP contribution in [0.15, 0.2) is 45.3 Å². The lowest BCUT2D eigenvalue weighted by Crippen LogP contribution is -2.44. The molecule has 2 nitrogen and oxygen atoms in total. The molecule has 188 valence electrons. The summed E-state index contributed by atoms with van der Waals surface area (Å²) >= 11 is 5.90. The van der Waals surface area contributed by atoms with Crippen LogP contribution in [0.5, 0.6) is 5.75 Å². The molecule has 0 bridgehead atoms. The van der Waals surface area contributed by atoms with Crippen LogP contribution in [0.4, 0.5) is 39.5 Å². The molecule has 0 radical (unpaired) electrons. The van der Waals surface area contributed by atoms with Crippen LogP contribution in [0.3, 0.4) is 0 Å². The van der Waals surface area contributed by atoms with Crippen LogP contribution in [0.25, 0.3) is 0 Å². The van der Waals surface area contributed by atoms with E-state index in [2.05, 4.69) is 31.9 Å². The van der Waals surface area contributed by atoms with Crippen molar-refractivity contribution < 1.29 is 49.4 Å². The largest absolute Gasteiger partial charge is 0.478 e.